The van der Waals surface area contributed by atoms with Gasteiger partial charge in [-0.05, 0) is 30.5 Å². The maximum Gasteiger partial charge on any atom is 0.290 e. The summed E-state index contributed by atoms with van der Waals surface area (Å²) >= 11 is 0. The van der Waals surface area contributed by atoms with Crippen molar-refractivity contribution in [2.75, 3.05) is 20.3 Å². The van der Waals surface area contributed by atoms with Crippen LogP contribution in [-0.2, 0) is 14.3 Å². The molecule has 2 aromatic rings. The highest BCUT2D eigenvalue weighted by Crippen LogP contribution is 2.38. The Morgan fingerprint density at radius 3 is 2.48 bits per heavy atom. The van der Waals surface area contributed by atoms with E-state index in [2.05, 4.69) is 0 Å². The minimum absolute atomic E-state index is 0.114. The van der Waals surface area contributed by atoms with Crippen molar-refractivity contribution in [1.82, 2.24) is 4.90 Å². The molecule has 0 aromatic heterocycles. The van der Waals surface area contributed by atoms with Crippen molar-refractivity contribution in [3.63, 3.8) is 0 Å². The van der Waals surface area contributed by atoms with E-state index in [1.165, 1.54) is 6.08 Å². The number of hydrogen-bond donors (Lipinski definition) is 1. The summed E-state index contributed by atoms with van der Waals surface area (Å²) in [5.74, 6) is -1.38. The van der Waals surface area contributed by atoms with Gasteiger partial charge in [-0.15, -0.1) is 0 Å². The van der Waals surface area contributed by atoms with E-state index in [9.17, 15) is 14.7 Å². The van der Waals surface area contributed by atoms with Crippen molar-refractivity contribution in [3.8, 4) is 0 Å². The van der Waals surface area contributed by atoms with E-state index < -0.39 is 17.7 Å². The van der Waals surface area contributed by atoms with Gasteiger partial charge >= 0.3 is 0 Å². The largest absolute Gasteiger partial charge is 0.503 e. The number of aliphatic hydroxyl groups excluding tert-OH is 1. The van der Waals surface area contributed by atoms with E-state index in [1.807, 2.05) is 61.5 Å². The van der Waals surface area contributed by atoms with E-state index in [4.69, 9.17) is 4.74 Å². The molecule has 1 heterocycles. The van der Waals surface area contributed by atoms with Gasteiger partial charge in [-0.1, -0.05) is 66.2 Å². The molecule has 1 N–H and O–H groups in total. The summed E-state index contributed by atoms with van der Waals surface area (Å²) in [6.07, 6.45) is 3.71. The lowest BCUT2D eigenvalue weighted by Crippen LogP contribution is -2.32. The minimum atomic E-state index is -0.618. The molecule has 1 unspecified atom stereocenters. The summed E-state index contributed by atoms with van der Waals surface area (Å²) < 4.78 is 5.09. The van der Waals surface area contributed by atoms with Crippen LogP contribution in [0.2, 0.25) is 0 Å². The van der Waals surface area contributed by atoms with Crippen LogP contribution in [0.1, 0.15) is 29.2 Å². The van der Waals surface area contributed by atoms with Crippen molar-refractivity contribution < 1.29 is 19.4 Å². The molecule has 2 aromatic carbocycles. The first-order chi connectivity index (χ1) is 14.0. The molecule has 0 bridgehead atoms. The first-order valence-electron chi connectivity index (χ1n) is 9.60. The summed E-state index contributed by atoms with van der Waals surface area (Å²) in [7, 11) is 1.60. The van der Waals surface area contributed by atoms with Gasteiger partial charge in [0, 0.05) is 20.3 Å². The van der Waals surface area contributed by atoms with E-state index in [1.54, 1.807) is 18.1 Å². The maximum atomic E-state index is 13.0. The number of carbonyl (C=O) groups excluding carboxylic acids is 2. The third-order valence-electron chi connectivity index (χ3n) is 4.94. The number of ketones is 1. The molecule has 5 nitrogen and oxygen atoms in total. The fourth-order valence-corrected chi connectivity index (χ4v) is 3.44. The average Bonchev–Trinajstić information content (AvgIpc) is 2.98. The molecule has 0 radical (unpaired) electrons. The lowest BCUT2D eigenvalue weighted by atomic mass is 9.95. The first-order valence-corrected chi connectivity index (χ1v) is 9.60. The fourth-order valence-electron chi connectivity index (χ4n) is 3.44. The number of aryl methyl sites for hydroxylation is 1. The number of carbonyl (C=O) groups is 2. The molecule has 1 amide bonds. The zero-order valence-corrected chi connectivity index (χ0v) is 16.7. The van der Waals surface area contributed by atoms with Crippen molar-refractivity contribution in [1.29, 1.82) is 0 Å². The molecule has 29 heavy (non-hydrogen) atoms. The van der Waals surface area contributed by atoms with E-state index in [0.717, 1.165) is 16.7 Å². The number of ether oxygens (including phenoxy) is 1. The zero-order chi connectivity index (χ0) is 20.8. The number of rotatable bonds is 8. The molecule has 0 saturated heterocycles. The SMILES string of the molecule is COCCCN1C(=O)C(O)=C(C(=O)/C=C/c2ccccc2)C1c1ccc(C)cc1. The molecule has 150 valence electrons. The lowest BCUT2D eigenvalue weighted by molar-refractivity contribution is -0.129. The highest BCUT2D eigenvalue weighted by molar-refractivity contribution is 6.14. The molecule has 1 aliphatic heterocycles. The van der Waals surface area contributed by atoms with Crippen molar-refractivity contribution >= 4 is 17.8 Å². The predicted molar refractivity (Wildman–Crippen MR) is 112 cm³/mol. The third kappa shape index (κ3) is 4.63. The minimum Gasteiger partial charge on any atom is -0.503 e. The predicted octanol–water partition coefficient (Wildman–Crippen LogP) is 4.01. The van der Waals surface area contributed by atoms with E-state index in [0.29, 0.717) is 19.6 Å². The van der Waals surface area contributed by atoms with Crippen LogP contribution in [-0.4, -0.2) is 42.0 Å². The molecule has 0 aliphatic carbocycles. The van der Waals surface area contributed by atoms with Gasteiger partial charge in [-0.3, -0.25) is 9.59 Å². The highest BCUT2D eigenvalue weighted by Gasteiger charge is 2.42. The molecular formula is C24H25NO4. The number of nitrogens with zero attached hydrogens (tertiary/aromatic N) is 1. The third-order valence-corrected chi connectivity index (χ3v) is 4.94. The first kappa shape index (κ1) is 20.6. The molecule has 0 fully saturated rings. The highest BCUT2D eigenvalue weighted by atomic mass is 16.5. The summed E-state index contributed by atoms with van der Waals surface area (Å²) in [5.41, 5.74) is 2.86. The Bertz CT molecular complexity index is 929. The normalized spacial score (nSPS) is 16.8. The number of allylic oxidation sites excluding steroid dienone is 1. The molecule has 1 atom stereocenters. The second kappa shape index (κ2) is 9.34. The molecule has 3 rings (SSSR count). The van der Waals surface area contributed by atoms with Crippen LogP contribution in [0, 0.1) is 6.92 Å². The summed E-state index contributed by atoms with van der Waals surface area (Å²) in [5, 5.41) is 10.5. The second-order valence-electron chi connectivity index (χ2n) is 7.03. The maximum absolute atomic E-state index is 13.0. The van der Waals surface area contributed by atoms with Gasteiger partial charge in [0.2, 0.25) is 0 Å². The van der Waals surface area contributed by atoms with Crippen molar-refractivity contribution in [2.45, 2.75) is 19.4 Å². The number of benzene rings is 2. The second-order valence-corrected chi connectivity index (χ2v) is 7.03. The van der Waals surface area contributed by atoms with Crippen LogP contribution < -0.4 is 0 Å². The summed E-state index contributed by atoms with van der Waals surface area (Å²) in [6.45, 7) is 2.85. The van der Waals surface area contributed by atoms with Gasteiger partial charge in [0.1, 0.15) is 0 Å². The van der Waals surface area contributed by atoms with E-state index >= 15 is 0 Å². The molecule has 1 aliphatic rings. The Morgan fingerprint density at radius 2 is 1.83 bits per heavy atom. The number of hydrogen-bond acceptors (Lipinski definition) is 4. The Labute approximate surface area is 170 Å². The Balaban J connectivity index is 1.94. The zero-order valence-electron chi connectivity index (χ0n) is 16.7. The number of aliphatic hydroxyl groups is 1. The topological polar surface area (TPSA) is 66.8 Å². The van der Waals surface area contributed by atoms with Crippen molar-refractivity contribution in [3.05, 3.63) is 88.7 Å². The van der Waals surface area contributed by atoms with E-state index in [-0.39, 0.29) is 11.4 Å². The lowest BCUT2D eigenvalue weighted by Gasteiger charge is -2.26. The smallest absolute Gasteiger partial charge is 0.290 e. The van der Waals surface area contributed by atoms with Gasteiger partial charge in [0.15, 0.2) is 11.5 Å². The molecule has 5 heteroatoms. The van der Waals surface area contributed by atoms with Crippen molar-refractivity contribution in [2.24, 2.45) is 0 Å². The summed E-state index contributed by atoms with van der Waals surface area (Å²) in [4.78, 5) is 27.3. The number of methoxy groups -OCH3 is 1. The van der Waals surface area contributed by atoms with Crippen LogP contribution in [0.15, 0.2) is 72.0 Å². The van der Waals surface area contributed by atoms with Gasteiger partial charge < -0.3 is 14.7 Å². The summed E-state index contributed by atoms with van der Waals surface area (Å²) in [6, 6.07) is 16.5. The fraction of sp³-hybridized carbons (Fsp3) is 0.250. The van der Waals surface area contributed by atoms with Crippen LogP contribution in [0.4, 0.5) is 0 Å². The average molecular weight is 391 g/mol. The molecule has 0 spiro atoms. The Morgan fingerprint density at radius 1 is 1.14 bits per heavy atom. The van der Waals surface area contributed by atoms with Gasteiger partial charge in [-0.2, -0.15) is 0 Å². The van der Waals surface area contributed by atoms with Gasteiger partial charge in [0.25, 0.3) is 5.91 Å². The van der Waals surface area contributed by atoms with Crippen LogP contribution in [0.25, 0.3) is 6.08 Å². The van der Waals surface area contributed by atoms with Crippen LogP contribution in [0.3, 0.4) is 0 Å². The standard InChI is InChI=1S/C24H25NO4/c1-17-9-12-19(13-10-17)22-21(20(26)14-11-18-7-4-3-5-8-18)23(27)24(28)25(22)15-6-16-29-2/h3-5,7-14,22,27H,6,15-16H2,1-2H3/b14-11+. The van der Waals surface area contributed by atoms with Crippen LogP contribution >= 0.6 is 0 Å². The molecular weight excluding hydrogens is 366 g/mol. The molecule has 0 saturated carbocycles. The van der Waals surface area contributed by atoms with Crippen LogP contribution in [0.5, 0.6) is 0 Å². The van der Waals surface area contributed by atoms with Gasteiger partial charge in [0.05, 0.1) is 11.6 Å². The number of amides is 1. The Kier molecular flexibility index (Phi) is 6.62. The Hall–Kier alpha value is -3.18. The van der Waals surface area contributed by atoms with Gasteiger partial charge in [-0.25, -0.2) is 0 Å². The quantitative estimate of drug-likeness (QED) is 0.545. The monoisotopic (exact) mass is 391 g/mol.